The first-order valence-corrected chi connectivity index (χ1v) is 9.28. The van der Waals surface area contributed by atoms with Crippen molar-refractivity contribution in [2.24, 2.45) is 0 Å². The summed E-state index contributed by atoms with van der Waals surface area (Å²) >= 11 is 0. The van der Waals surface area contributed by atoms with Gasteiger partial charge in [0.05, 0.1) is 25.4 Å². The molecule has 0 aromatic heterocycles. The van der Waals surface area contributed by atoms with Gasteiger partial charge in [-0.05, 0) is 43.3 Å². The van der Waals surface area contributed by atoms with Gasteiger partial charge in [-0.2, -0.15) is 0 Å². The number of hydrogen-bond donors (Lipinski definition) is 2. The van der Waals surface area contributed by atoms with Gasteiger partial charge in [0.15, 0.2) is 0 Å². The average molecular weight is 388 g/mol. The quantitative estimate of drug-likeness (QED) is 0.513. The number of benzene rings is 2. The van der Waals surface area contributed by atoms with E-state index in [9.17, 15) is 4.79 Å². The molecule has 7 heteroatoms. The summed E-state index contributed by atoms with van der Waals surface area (Å²) < 4.78 is 21.4. The summed E-state index contributed by atoms with van der Waals surface area (Å²) in [6.45, 7) is 4.69. The van der Waals surface area contributed by atoms with Gasteiger partial charge in [-0.15, -0.1) is 0 Å². The predicted octanol–water partition coefficient (Wildman–Crippen LogP) is 3.18. The van der Waals surface area contributed by atoms with Gasteiger partial charge in [0.2, 0.25) is 5.91 Å². The van der Waals surface area contributed by atoms with Crippen molar-refractivity contribution < 1.29 is 23.7 Å². The molecule has 1 amide bonds. The molecule has 2 aromatic carbocycles. The molecule has 2 rings (SSSR count). The van der Waals surface area contributed by atoms with Gasteiger partial charge in [-0.1, -0.05) is 12.1 Å². The van der Waals surface area contributed by atoms with Crippen LogP contribution in [0.2, 0.25) is 0 Å². The normalized spacial score (nSPS) is 10.4. The van der Waals surface area contributed by atoms with Crippen LogP contribution in [0.5, 0.6) is 11.5 Å². The standard InChI is InChI=1S/C21H28N2O5/c1-3-26-13-15-28-20-7-5-4-6-19(20)23-21(24)16-22-17-8-10-18(11-9-17)27-14-12-25-2/h4-11,22H,3,12-16H2,1-2H3,(H,23,24). The lowest BCUT2D eigenvalue weighted by Gasteiger charge is -2.13. The lowest BCUT2D eigenvalue weighted by Crippen LogP contribution is -2.22. The summed E-state index contributed by atoms with van der Waals surface area (Å²) in [6, 6.07) is 14.7. The van der Waals surface area contributed by atoms with Crippen LogP contribution in [0, 0.1) is 0 Å². The number of carbonyl (C=O) groups excluding carboxylic acids is 1. The van der Waals surface area contributed by atoms with Crippen molar-refractivity contribution >= 4 is 17.3 Å². The smallest absolute Gasteiger partial charge is 0.243 e. The number of carbonyl (C=O) groups is 1. The van der Waals surface area contributed by atoms with E-state index in [0.29, 0.717) is 44.5 Å². The summed E-state index contributed by atoms with van der Waals surface area (Å²) in [6.07, 6.45) is 0. The maximum Gasteiger partial charge on any atom is 0.243 e. The Labute approximate surface area is 165 Å². The van der Waals surface area contributed by atoms with Crippen molar-refractivity contribution in [3.8, 4) is 11.5 Å². The van der Waals surface area contributed by atoms with Crippen molar-refractivity contribution in [3.63, 3.8) is 0 Å². The van der Waals surface area contributed by atoms with Crippen LogP contribution in [-0.2, 0) is 14.3 Å². The number of para-hydroxylation sites is 2. The maximum absolute atomic E-state index is 12.3. The second-order valence-electron chi connectivity index (χ2n) is 5.81. The summed E-state index contributed by atoms with van der Waals surface area (Å²) in [5.74, 6) is 1.21. The van der Waals surface area contributed by atoms with E-state index in [0.717, 1.165) is 11.4 Å². The molecule has 0 atom stereocenters. The molecule has 0 heterocycles. The van der Waals surface area contributed by atoms with E-state index in [1.165, 1.54) is 0 Å². The predicted molar refractivity (Wildman–Crippen MR) is 109 cm³/mol. The second-order valence-corrected chi connectivity index (χ2v) is 5.81. The third-order valence-corrected chi connectivity index (χ3v) is 3.71. The Morgan fingerprint density at radius 2 is 1.68 bits per heavy atom. The molecule has 0 aliphatic heterocycles. The molecule has 0 saturated carbocycles. The Balaban J connectivity index is 1.79. The summed E-state index contributed by atoms with van der Waals surface area (Å²) in [7, 11) is 1.63. The molecule has 2 aromatic rings. The highest BCUT2D eigenvalue weighted by atomic mass is 16.5. The summed E-state index contributed by atoms with van der Waals surface area (Å²) in [4.78, 5) is 12.3. The first kappa shape index (κ1) is 21.5. The maximum atomic E-state index is 12.3. The Hall–Kier alpha value is -2.77. The Morgan fingerprint density at radius 3 is 2.43 bits per heavy atom. The van der Waals surface area contributed by atoms with Crippen LogP contribution < -0.4 is 20.1 Å². The van der Waals surface area contributed by atoms with Crippen LogP contribution in [0.25, 0.3) is 0 Å². The van der Waals surface area contributed by atoms with Gasteiger partial charge < -0.3 is 29.6 Å². The molecule has 0 aliphatic rings. The third kappa shape index (κ3) is 7.85. The Bertz CT molecular complexity index is 706. The fraction of sp³-hybridized carbons (Fsp3) is 0.381. The topological polar surface area (TPSA) is 78.1 Å². The van der Waals surface area contributed by atoms with Gasteiger partial charge in [-0.3, -0.25) is 4.79 Å². The van der Waals surface area contributed by atoms with Gasteiger partial charge in [0, 0.05) is 19.4 Å². The van der Waals surface area contributed by atoms with E-state index in [2.05, 4.69) is 10.6 Å². The van der Waals surface area contributed by atoms with Crippen molar-refractivity contribution in [1.29, 1.82) is 0 Å². The van der Waals surface area contributed by atoms with Crippen LogP contribution in [0.15, 0.2) is 48.5 Å². The van der Waals surface area contributed by atoms with Gasteiger partial charge in [-0.25, -0.2) is 0 Å². The highest BCUT2D eigenvalue weighted by molar-refractivity contribution is 5.95. The lowest BCUT2D eigenvalue weighted by atomic mass is 10.3. The van der Waals surface area contributed by atoms with Crippen molar-refractivity contribution in [2.45, 2.75) is 6.92 Å². The second kappa shape index (κ2) is 12.6. The lowest BCUT2D eigenvalue weighted by molar-refractivity contribution is -0.114. The fourth-order valence-corrected chi connectivity index (χ4v) is 2.34. The molecule has 0 fully saturated rings. The molecule has 28 heavy (non-hydrogen) atoms. The van der Waals surface area contributed by atoms with E-state index in [4.69, 9.17) is 18.9 Å². The van der Waals surface area contributed by atoms with Crippen LogP contribution >= 0.6 is 0 Å². The van der Waals surface area contributed by atoms with E-state index >= 15 is 0 Å². The minimum absolute atomic E-state index is 0.136. The Kier molecular flexibility index (Phi) is 9.68. The number of ether oxygens (including phenoxy) is 4. The molecule has 0 spiro atoms. The summed E-state index contributed by atoms with van der Waals surface area (Å²) in [5.41, 5.74) is 1.46. The summed E-state index contributed by atoms with van der Waals surface area (Å²) in [5, 5.41) is 5.95. The first-order chi connectivity index (χ1) is 13.7. The molecule has 2 N–H and O–H groups in total. The number of anilines is 2. The molecule has 0 bridgehead atoms. The highest BCUT2D eigenvalue weighted by Gasteiger charge is 2.08. The van der Waals surface area contributed by atoms with E-state index in [-0.39, 0.29) is 12.5 Å². The Morgan fingerprint density at radius 1 is 0.929 bits per heavy atom. The average Bonchev–Trinajstić information content (AvgIpc) is 2.72. The third-order valence-electron chi connectivity index (χ3n) is 3.71. The molecule has 152 valence electrons. The highest BCUT2D eigenvalue weighted by Crippen LogP contribution is 2.23. The van der Waals surface area contributed by atoms with E-state index < -0.39 is 0 Å². The number of methoxy groups -OCH3 is 1. The van der Waals surface area contributed by atoms with Crippen LogP contribution in [0.4, 0.5) is 11.4 Å². The largest absolute Gasteiger partial charge is 0.491 e. The number of amides is 1. The number of rotatable bonds is 13. The zero-order valence-electron chi connectivity index (χ0n) is 16.4. The molecule has 7 nitrogen and oxygen atoms in total. The van der Waals surface area contributed by atoms with E-state index in [1.807, 2.05) is 49.4 Å². The fourth-order valence-electron chi connectivity index (χ4n) is 2.34. The molecule has 0 radical (unpaired) electrons. The van der Waals surface area contributed by atoms with Gasteiger partial charge in [0.25, 0.3) is 0 Å². The molecular weight excluding hydrogens is 360 g/mol. The monoisotopic (exact) mass is 388 g/mol. The minimum Gasteiger partial charge on any atom is -0.491 e. The molecule has 0 unspecified atom stereocenters. The van der Waals surface area contributed by atoms with E-state index in [1.54, 1.807) is 13.2 Å². The minimum atomic E-state index is -0.165. The van der Waals surface area contributed by atoms with Gasteiger partial charge in [0.1, 0.15) is 24.7 Å². The van der Waals surface area contributed by atoms with Crippen molar-refractivity contribution in [1.82, 2.24) is 0 Å². The van der Waals surface area contributed by atoms with Gasteiger partial charge >= 0.3 is 0 Å². The SMILES string of the molecule is CCOCCOc1ccccc1NC(=O)CNc1ccc(OCCOC)cc1. The molecule has 0 saturated heterocycles. The molecule has 0 aliphatic carbocycles. The number of hydrogen-bond acceptors (Lipinski definition) is 6. The van der Waals surface area contributed by atoms with Crippen LogP contribution in [0.1, 0.15) is 6.92 Å². The number of nitrogens with one attached hydrogen (secondary N) is 2. The van der Waals surface area contributed by atoms with Crippen molar-refractivity contribution in [2.75, 3.05) is 57.3 Å². The zero-order valence-corrected chi connectivity index (χ0v) is 16.4. The first-order valence-electron chi connectivity index (χ1n) is 9.28. The molecular formula is C21H28N2O5. The van der Waals surface area contributed by atoms with Crippen LogP contribution in [-0.4, -0.2) is 52.6 Å². The van der Waals surface area contributed by atoms with Crippen molar-refractivity contribution in [3.05, 3.63) is 48.5 Å². The zero-order chi connectivity index (χ0) is 20.0. The van der Waals surface area contributed by atoms with Crippen LogP contribution in [0.3, 0.4) is 0 Å².